The van der Waals surface area contributed by atoms with E-state index in [4.69, 9.17) is 0 Å². The minimum absolute atomic E-state index is 1.01. The summed E-state index contributed by atoms with van der Waals surface area (Å²) < 4.78 is 0. The smallest absolute Gasteiger partial charge is 0.0963 e. The average Bonchev–Trinajstić information content (AvgIpc) is 2.46. The molecule has 19 heavy (non-hydrogen) atoms. The van der Waals surface area contributed by atoms with Crippen molar-refractivity contribution in [1.82, 2.24) is 10.2 Å². The van der Waals surface area contributed by atoms with Crippen LogP contribution >= 0.6 is 0 Å². The van der Waals surface area contributed by atoms with E-state index in [-0.39, 0.29) is 0 Å². The first-order chi connectivity index (χ1) is 9.34. The van der Waals surface area contributed by atoms with Gasteiger partial charge in [-0.15, -0.1) is 0 Å². The second kappa shape index (κ2) is 7.95. The summed E-state index contributed by atoms with van der Waals surface area (Å²) in [5, 5.41) is 3.46. The second-order valence-corrected chi connectivity index (χ2v) is 5.29. The predicted octanol–water partition coefficient (Wildman–Crippen LogP) is 2.68. The largest absolute Gasteiger partial charge is 0.374 e. The maximum absolute atomic E-state index is 4.51. The topological polar surface area (TPSA) is 27.6 Å². The fourth-order valence-corrected chi connectivity index (χ4v) is 2.40. The number of nitrogens with one attached hydrogen (secondary N) is 1. The highest BCUT2D eigenvalue weighted by Crippen LogP contribution is 2.04. The number of nitrogens with zero attached hydrogens (tertiary/aromatic N) is 2. The summed E-state index contributed by atoms with van der Waals surface area (Å²) in [4.78, 5) is 6.88. The Kier molecular flexibility index (Phi) is 5.89. The highest BCUT2D eigenvalue weighted by atomic mass is 15.1. The molecule has 1 heterocycles. The number of hydrogen-bond acceptors (Lipinski definition) is 3. The van der Waals surface area contributed by atoms with Gasteiger partial charge in [-0.1, -0.05) is 30.3 Å². The third-order valence-electron chi connectivity index (χ3n) is 3.47. The molecule has 0 amide bonds. The lowest BCUT2D eigenvalue weighted by Crippen LogP contribution is -2.29. The van der Waals surface area contributed by atoms with Gasteiger partial charge < -0.3 is 10.2 Å². The van der Waals surface area contributed by atoms with Crippen LogP contribution in [0.25, 0.3) is 0 Å². The summed E-state index contributed by atoms with van der Waals surface area (Å²) in [7, 11) is 2.19. The molecule has 3 heteroatoms. The first kappa shape index (κ1) is 14.1. The van der Waals surface area contributed by atoms with Crippen LogP contribution in [0, 0.1) is 0 Å². The van der Waals surface area contributed by atoms with Gasteiger partial charge in [0.1, 0.15) is 0 Å². The van der Waals surface area contributed by atoms with E-state index >= 15 is 0 Å². The van der Waals surface area contributed by atoms with Gasteiger partial charge in [0.15, 0.2) is 0 Å². The third-order valence-corrected chi connectivity index (χ3v) is 3.47. The summed E-state index contributed by atoms with van der Waals surface area (Å²) in [5.74, 6) is 1.22. The van der Waals surface area contributed by atoms with Crippen molar-refractivity contribution in [3.63, 3.8) is 0 Å². The number of amidine groups is 1. The van der Waals surface area contributed by atoms with E-state index in [9.17, 15) is 0 Å². The van der Waals surface area contributed by atoms with Crippen LogP contribution in [0.1, 0.15) is 31.2 Å². The van der Waals surface area contributed by atoms with Crippen LogP contribution in [-0.2, 0) is 6.54 Å². The molecule has 0 saturated heterocycles. The predicted molar refractivity (Wildman–Crippen MR) is 81.5 cm³/mol. The van der Waals surface area contributed by atoms with Gasteiger partial charge in [-0.05, 0) is 38.4 Å². The lowest BCUT2D eigenvalue weighted by atomic mass is 10.2. The number of hydrogen-bond donors (Lipinski definition) is 1. The first-order valence-electron chi connectivity index (χ1n) is 7.34. The van der Waals surface area contributed by atoms with Crippen LogP contribution in [0.2, 0.25) is 0 Å². The van der Waals surface area contributed by atoms with E-state index in [1.54, 1.807) is 0 Å². The standard InChI is InChI=1S/C16H25N3/c1-19(14-15-8-3-2-4-9-15)13-7-12-18-16-10-5-6-11-17-16/h2-4,8-9H,5-7,10-14H2,1H3,(H,17,18). The molecule has 104 valence electrons. The zero-order valence-electron chi connectivity index (χ0n) is 11.9. The molecule has 1 aliphatic heterocycles. The minimum Gasteiger partial charge on any atom is -0.374 e. The first-order valence-corrected chi connectivity index (χ1v) is 7.34. The van der Waals surface area contributed by atoms with Crippen LogP contribution in [0.3, 0.4) is 0 Å². The molecule has 0 aliphatic carbocycles. The van der Waals surface area contributed by atoms with Crippen LogP contribution in [0.15, 0.2) is 35.3 Å². The molecule has 0 unspecified atom stereocenters. The van der Waals surface area contributed by atoms with Crippen molar-refractivity contribution < 1.29 is 0 Å². The van der Waals surface area contributed by atoms with Gasteiger partial charge in [0.2, 0.25) is 0 Å². The summed E-state index contributed by atoms with van der Waals surface area (Å²) in [6, 6.07) is 10.6. The van der Waals surface area contributed by atoms with E-state index in [1.807, 2.05) is 0 Å². The average molecular weight is 259 g/mol. The van der Waals surface area contributed by atoms with Gasteiger partial charge in [0.05, 0.1) is 5.84 Å². The van der Waals surface area contributed by atoms with E-state index in [2.05, 4.69) is 52.6 Å². The van der Waals surface area contributed by atoms with Gasteiger partial charge in [0.25, 0.3) is 0 Å². The van der Waals surface area contributed by atoms with Crippen LogP contribution in [-0.4, -0.2) is 37.4 Å². The quantitative estimate of drug-likeness (QED) is 0.795. The summed E-state index contributed by atoms with van der Waals surface area (Å²) in [5.41, 5.74) is 1.38. The molecule has 3 nitrogen and oxygen atoms in total. The van der Waals surface area contributed by atoms with Crippen LogP contribution in [0.4, 0.5) is 0 Å². The summed E-state index contributed by atoms with van der Waals surface area (Å²) in [6.45, 7) is 4.20. The zero-order chi connectivity index (χ0) is 13.3. The van der Waals surface area contributed by atoms with Gasteiger partial charge in [-0.2, -0.15) is 0 Å². The Balaban J connectivity index is 1.59. The molecule has 0 atom stereocenters. The molecule has 1 aromatic rings. The van der Waals surface area contributed by atoms with Gasteiger partial charge in [0, 0.05) is 26.1 Å². The molecular weight excluding hydrogens is 234 g/mol. The number of rotatable bonds is 6. The van der Waals surface area contributed by atoms with E-state index < -0.39 is 0 Å². The third kappa shape index (κ3) is 5.43. The van der Waals surface area contributed by atoms with Gasteiger partial charge >= 0.3 is 0 Å². The lowest BCUT2D eigenvalue weighted by Gasteiger charge is -2.18. The Morgan fingerprint density at radius 1 is 1.21 bits per heavy atom. The molecule has 2 rings (SSSR count). The van der Waals surface area contributed by atoms with Crippen LogP contribution < -0.4 is 5.32 Å². The Hall–Kier alpha value is -1.35. The normalized spacial score (nSPS) is 15.4. The zero-order valence-corrected chi connectivity index (χ0v) is 11.9. The van der Waals surface area contributed by atoms with Crippen LogP contribution in [0.5, 0.6) is 0 Å². The second-order valence-electron chi connectivity index (χ2n) is 5.29. The Labute approximate surface area is 116 Å². The number of benzene rings is 1. The van der Waals surface area contributed by atoms with E-state index in [1.165, 1.54) is 30.7 Å². The molecule has 0 aromatic heterocycles. The monoisotopic (exact) mass is 259 g/mol. The molecule has 0 saturated carbocycles. The Bertz CT molecular complexity index is 386. The molecule has 0 spiro atoms. The molecular formula is C16H25N3. The van der Waals surface area contributed by atoms with Crippen molar-refractivity contribution >= 4 is 5.84 Å². The van der Waals surface area contributed by atoms with Crippen molar-refractivity contribution in [2.75, 3.05) is 26.7 Å². The van der Waals surface area contributed by atoms with Crippen molar-refractivity contribution in [3.05, 3.63) is 35.9 Å². The fraction of sp³-hybridized carbons (Fsp3) is 0.562. The molecule has 1 aromatic carbocycles. The molecule has 1 aliphatic rings. The van der Waals surface area contributed by atoms with Crippen molar-refractivity contribution in [2.45, 2.75) is 32.2 Å². The van der Waals surface area contributed by atoms with Crippen molar-refractivity contribution in [3.8, 4) is 0 Å². The highest BCUT2D eigenvalue weighted by molar-refractivity contribution is 5.82. The fourth-order valence-electron chi connectivity index (χ4n) is 2.40. The maximum Gasteiger partial charge on any atom is 0.0963 e. The van der Waals surface area contributed by atoms with E-state index in [0.717, 1.165) is 32.6 Å². The minimum atomic E-state index is 1.01. The van der Waals surface area contributed by atoms with Crippen molar-refractivity contribution in [2.24, 2.45) is 4.99 Å². The SMILES string of the molecule is CN(CCCNC1=NCCCC1)Cc1ccccc1. The lowest BCUT2D eigenvalue weighted by molar-refractivity contribution is 0.322. The maximum atomic E-state index is 4.51. The molecule has 0 bridgehead atoms. The Morgan fingerprint density at radius 2 is 2.05 bits per heavy atom. The molecule has 1 N–H and O–H groups in total. The van der Waals surface area contributed by atoms with Gasteiger partial charge in [-0.3, -0.25) is 4.99 Å². The van der Waals surface area contributed by atoms with E-state index in [0.29, 0.717) is 0 Å². The number of aliphatic imine (C=N–C) groups is 1. The summed E-state index contributed by atoms with van der Waals surface area (Å²) >= 11 is 0. The Morgan fingerprint density at radius 3 is 2.79 bits per heavy atom. The highest BCUT2D eigenvalue weighted by Gasteiger charge is 2.04. The summed E-state index contributed by atoms with van der Waals surface area (Å²) in [6.07, 6.45) is 4.85. The van der Waals surface area contributed by atoms with Crippen molar-refractivity contribution in [1.29, 1.82) is 0 Å². The van der Waals surface area contributed by atoms with Gasteiger partial charge in [-0.25, -0.2) is 0 Å². The molecule has 0 fully saturated rings. The molecule has 0 radical (unpaired) electrons.